The molecule has 2 N–H and O–H groups in total. The van der Waals surface area contributed by atoms with Crippen molar-refractivity contribution < 1.29 is 9.53 Å². The van der Waals surface area contributed by atoms with Crippen molar-refractivity contribution in [3.05, 3.63) is 36.5 Å². The number of fused-ring (bicyclic) bond motifs is 1. The summed E-state index contributed by atoms with van der Waals surface area (Å²) in [4.78, 5) is 15.6. The maximum absolute atomic E-state index is 11.2. The van der Waals surface area contributed by atoms with Crippen LogP contribution in [0.1, 0.15) is 6.42 Å². The van der Waals surface area contributed by atoms with Gasteiger partial charge in [-0.15, -0.1) is 0 Å². The van der Waals surface area contributed by atoms with Crippen LogP contribution < -0.4 is 15.4 Å². The number of carbonyl (C=O) groups is 1. The molecular formula is C15H19N3O2. The van der Waals surface area contributed by atoms with Crippen molar-refractivity contribution in [3.63, 3.8) is 0 Å². The molecule has 0 bridgehead atoms. The molecule has 5 nitrogen and oxygen atoms in total. The summed E-state index contributed by atoms with van der Waals surface area (Å²) < 4.78 is 5.73. The lowest BCUT2D eigenvalue weighted by Gasteiger charge is -2.09. The van der Waals surface area contributed by atoms with Gasteiger partial charge in [0.2, 0.25) is 5.91 Å². The third-order valence-electron chi connectivity index (χ3n) is 2.83. The predicted octanol–water partition coefficient (Wildman–Crippen LogP) is 1.34. The van der Waals surface area contributed by atoms with Gasteiger partial charge >= 0.3 is 0 Å². The number of rotatable bonds is 7. The van der Waals surface area contributed by atoms with Gasteiger partial charge in [0.05, 0.1) is 13.2 Å². The molecule has 0 aliphatic heterocycles. The minimum Gasteiger partial charge on any atom is -0.491 e. The van der Waals surface area contributed by atoms with Gasteiger partial charge in [-0.2, -0.15) is 0 Å². The Hall–Kier alpha value is -2.14. The number of nitrogens with one attached hydrogen (secondary N) is 2. The van der Waals surface area contributed by atoms with E-state index in [1.165, 1.54) is 0 Å². The molecule has 0 radical (unpaired) electrons. The normalized spacial score (nSPS) is 10.4. The minimum absolute atomic E-state index is 0.000623. The average Bonchev–Trinajstić information content (AvgIpc) is 2.47. The fraction of sp³-hybridized carbons (Fsp3) is 0.333. The van der Waals surface area contributed by atoms with Crippen LogP contribution in [-0.4, -0.2) is 37.6 Å². The summed E-state index contributed by atoms with van der Waals surface area (Å²) in [5, 5.41) is 6.68. The number of likely N-dealkylation sites (N-methyl/N-ethyl adjacent to an activating group) is 1. The number of hydrogen-bond acceptors (Lipinski definition) is 4. The van der Waals surface area contributed by atoms with Crippen molar-refractivity contribution >= 4 is 16.8 Å². The second kappa shape index (κ2) is 7.45. The van der Waals surface area contributed by atoms with Crippen molar-refractivity contribution in [1.29, 1.82) is 0 Å². The van der Waals surface area contributed by atoms with Crippen LogP contribution in [0.3, 0.4) is 0 Å². The van der Waals surface area contributed by atoms with E-state index in [2.05, 4.69) is 15.6 Å². The first kappa shape index (κ1) is 14.3. The second-order valence-corrected chi connectivity index (χ2v) is 4.41. The zero-order chi connectivity index (χ0) is 14.2. The molecule has 1 amide bonds. The molecule has 0 aliphatic rings. The van der Waals surface area contributed by atoms with E-state index in [0.29, 0.717) is 19.7 Å². The van der Waals surface area contributed by atoms with Gasteiger partial charge in [0.25, 0.3) is 0 Å². The fourth-order valence-corrected chi connectivity index (χ4v) is 1.90. The Kier molecular flexibility index (Phi) is 5.32. The molecule has 0 fully saturated rings. The van der Waals surface area contributed by atoms with Gasteiger partial charge in [-0.3, -0.25) is 9.78 Å². The highest BCUT2D eigenvalue weighted by atomic mass is 16.5. The topological polar surface area (TPSA) is 63.2 Å². The summed E-state index contributed by atoms with van der Waals surface area (Å²) in [6.07, 6.45) is 2.52. The van der Waals surface area contributed by atoms with Crippen molar-refractivity contribution in [2.75, 3.05) is 26.7 Å². The molecule has 20 heavy (non-hydrogen) atoms. The molecule has 0 atom stereocenters. The maximum atomic E-state index is 11.2. The number of benzene rings is 1. The first-order chi connectivity index (χ1) is 9.81. The molecule has 106 valence electrons. The highest BCUT2D eigenvalue weighted by molar-refractivity contribution is 5.84. The van der Waals surface area contributed by atoms with E-state index in [9.17, 15) is 4.79 Å². The maximum Gasteiger partial charge on any atom is 0.233 e. The summed E-state index contributed by atoms with van der Waals surface area (Å²) in [5.41, 5.74) is 0.870. The van der Waals surface area contributed by atoms with Crippen LogP contribution in [0.5, 0.6) is 5.75 Å². The Morgan fingerprint density at radius 2 is 2.15 bits per heavy atom. The van der Waals surface area contributed by atoms with Gasteiger partial charge in [0.1, 0.15) is 11.3 Å². The van der Waals surface area contributed by atoms with E-state index >= 15 is 0 Å². The van der Waals surface area contributed by atoms with Crippen molar-refractivity contribution in [3.8, 4) is 5.75 Å². The Balaban J connectivity index is 1.80. The van der Waals surface area contributed by atoms with Gasteiger partial charge in [-0.05, 0) is 25.6 Å². The highest BCUT2D eigenvalue weighted by Crippen LogP contribution is 2.22. The molecule has 5 heteroatoms. The molecule has 0 unspecified atom stereocenters. The van der Waals surface area contributed by atoms with Crippen LogP contribution in [-0.2, 0) is 4.79 Å². The van der Waals surface area contributed by atoms with Crippen LogP contribution >= 0.6 is 0 Å². The number of amides is 1. The number of aromatic nitrogens is 1. The first-order valence-corrected chi connectivity index (χ1v) is 6.69. The monoisotopic (exact) mass is 273 g/mol. The summed E-state index contributed by atoms with van der Waals surface area (Å²) in [5.74, 6) is 0.781. The van der Waals surface area contributed by atoms with Crippen LogP contribution in [0.15, 0.2) is 36.5 Å². The highest BCUT2D eigenvalue weighted by Gasteiger charge is 2.02. The fourth-order valence-electron chi connectivity index (χ4n) is 1.90. The van der Waals surface area contributed by atoms with E-state index in [1.807, 2.05) is 30.3 Å². The molecule has 1 aromatic carbocycles. The second-order valence-electron chi connectivity index (χ2n) is 4.41. The summed E-state index contributed by atoms with van der Waals surface area (Å²) in [6, 6.07) is 9.78. The molecule has 2 aromatic rings. The smallest absolute Gasteiger partial charge is 0.233 e. The average molecular weight is 273 g/mol. The number of carbonyl (C=O) groups excluding carboxylic acids is 1. The number of ether oxygens (including phenoxy) is 1. The largest absolute Gasteiger partial charge is 0.491 e. The number of hydrogen-bond donors (Lipinski definition) is 2. The zero-order valence-electron chi connectivity index (χ0n) is 11.6. The Labute approximate surface area is 118 Å². The number of nitrogens with zero attached hydrogens (tertiary/aromatic N) is 1. The van der Waals surface area contributed by atoms with Crippen LogP contribution in [0.4, 0.5) is 0 Å². The number of para-hydroxylation sites is 1. The first-order valence-electron chi connectivity index (χ1n) is 6.69. The van der Waals surface area contributed by atoms with Crippen molar-refractivity contribution in [1.82, 2.24) is 15.6 Å². The lowest BCUT2D eigenvalue weighted by Crippen LogP contribution is -2.33. The molecule has 1 heterocycles. The molecule has 0 aliphatic carbocycles. The lowest BCUT2D eigenvalue weighted by molar-refractivity contribution is -0.120. The van der Waals surface area contributed by atoms with Gasteiger partial charge in [0.15, 0.2) is 0 Å². The molecule has 0 saturated heterocycles. The van der Waals surface area contributed by atoms with E-state index in [4.69, 9.17) is 4.74 Å². The van der Waals surface area contributed by atoms with E-state index in [1.54, 1.807) is 13.2 Å². The van der Waals surface area contributed by atoms with Gasteiger partial charge < -0.3 is 15.4 Å². The van der Waals surface area contributed by atoms with E-state index < -0.39 is 0 Å². The standard InChI is InChI=1S/C15H19N3O2/c1-16-11-14(19)17-9-4-10-20-13-7-2-5-12-6-3-8-18-15(12)13/h2-3,5-8,16H,4,9-11H2,1H3,(H,17,19). The summed E-state index contributed by atoms with van der Waals surface area (Å²) >= 11 is 0. The van der Waals surface area contributed by atoms with Crippen molar-refractivity contribution in [2.24, 2.45) is 0 Å². The predicted molar refractivity (Wildman–Crippen MR) is 78.8 cm³/mol. The Morgan fingerprint density at radius 3 is 3.00 bits per heavy atom. The van der Waals surface area contributed by atoms with Crippen LogP contribution in [0.2, 0.25) is 0 Å². The lowest BCUT2D eigenvalue weighted by atomic mass is 10.2. The third-order valence-corrected chi connectivity index (χ3v) is 2.83. The van der Waals surface area contributed by atoms with Gasteiger partial charge in [-0.1, -0.05) is 18.2 Å². The van der Waals surface area contributed by atoms with Gasteiger partial charge in [-0.25, -0.2) is 0 Å². The molecule has 2 rings (SSSR count). The van der Waals surface area contributed by atoms with Crippen LogP contribution in [0, 0.1) is 0 Å². The minimum atomic E-state index is -0.000623. The van der Waals surface area contributed by atoms with Crippen LogP contribution in [0.25, 0.3) is 10.9 Å². The summed E-state index contributed by atoms with van der Waals surface area (Å²) in [7, 11) is 1.75. The van der Waals surface area contributed by atoms with Crippen molar-refractivity contribution in [2.45, 2.75) is 6.42 Å². The summed E-state index contributed by atoms with van der Waals surface area (Å²) in [6.45, 7) is 1.50. The molecule has 1 aromatic heterocycles. The van der Waals surface area contributed by atoms with E-state index in [0.717, 1.165) is 23.1 Å². The number of pyridine rings is 1. The molecule has 0 spiro atoms. The molecule has 0 saturated carbocycles. The Morgan fingerprint density at radius 1 is 1.30 bits per heavy atom. The Bertz CT molecular complexity index is 567. The quantitative estimate of drug-likeness (QED) is 0.747. The molecular weight excluding hydrogens is 254 g/mol. The van der Waals surface area contributed by atoms with Gasteiger partial charge in [0, 0.05) is 18.1 Å². The SMILES string of the molecule is CNCC(=O)NCCCOc1cccc2cccnc12. The third kappa shape index (κ3) is 3.93. The zero-order valence-corrected chi connectivity index (χ0v) is 11.6. The van der Waals surface area contributed by atoms with E-state index in [-0.39, 0.29) is 5.91 Å².